The van der Waals surface area contributed by atoms with E-state index in [1.54, 1.807) is 6.07 Å². The lowest BCUT2D eigenvalue weighted by Gasteiger charge is -2.44. The van der Waals surface area contributed by atoms with Crippen LogP contribution >= 0.6 is 0 Å². The number of rotatable bonds is 4. The zero-order valence-electron chi connectivity index (χ0n) is 13.1. The summed E-state index contributed by atoms with van der Waals surface area (Å²) in [6.07, 6.45) is 2.24. The maximum Gasteiger partial charge on any atom is 0.146 e. The molecule has 1 aromatic carbocycles. The van der Waals surface area contributed by atoms with Crippen LogP contribution < -0.4 is 10.2 Å². The molecule has 1 N–H and O–H groups in total. The molecule has 2 rings (SSSR count). The van der Waals surface area contributed by atoms with Gasteiger partial charge in [0.15, 0.2) is 0 Å². The van der Waals surface area contributed by atoms with Gasteiger partial charge in [0.2, 0.25) is 0 Å². The Hall–Kier alpha value is -1.09. The molecule has 3 unspecified atom stereocenters. The highest BCUT2D eigenvalue weighted by molar-refractivity contribution is 5.51. The Morgan fingerprint density at radius 1 is 1.35 bits per heavy atom. The number of anilines is 1. The summed E-state index contributed by atoms with van der Waals surface area (Å²) in [6.45, 7) is 10.7. The molecule has 1 aromatic rings. The van der Waals surface area contributed by atoms with E-state index in [2.05, 4.69) is 31.0 Å². The van der Waals surface area contributed by atoms with E-state index in [1.807, 2.05) is 19.1 Å². The molecule has 20 heavy (non-hydrogen) atoms. The normalized spacial score (nSPS) is 26.9. The van der Waals surface area contributed by atoms with Crippen LogP contribution in [0.15, 0.2) is 18.2 Å². The maximum atomic E-state index is 14.1. The number of piperidine rings is 1. The van der Waals surface area contributed by atoms with Crippen molar-refractivity contribution in [1.82, 2.24) is 5.32 Å². The molecule has 1 fully saturated rings. The standard InChI is InChI=1S/C17H27FN2/c1-5-9-19-16-8-10-20(14(4)13(16)3)17-11-12(2)6-7-15(17)18/h6-7,11,13-14,16,19H,5,8-10H2,1-4H3. The van der Waals surface area contributed by atoms with Crippen LogP contribution in [0.3, 0.4) is 0 Å². The Kier molecular flexibility index (Phi) is 5.03. The fraction of sp³-hybridized carbons (Fsp3) is 0.647. The van der Waals surface area contributed by atoms with Crippen molar-refractivity contribution in [2.45, 2.75) is 52.6 Å². The van der Waals surface area contributed by atoms with Crippen LogP contribution in [-0.2, 0) is 0 Å². The fourth-order valence-electron chi connectivity index (χ4n) is 3.17. The van der Waals surface area contributed by atoms with Crippen molar-refractivity contribution in [2.75, 3.05) is 18.0 Å². The minimum atomic E-state index is -0.102. The summed E-state index contributed by atoms with van der Waals surface area (Å²) < 4.78 is 14.1. The van der Waals surface area contributed by atoms with Crippen molar-refractivity contribution >= 4 is 5.69 Å². The lowest BCUT2D eigenvalue weighted by atomic mass is 9.86. The summed E-state index contributed by atoms with van der Waals surface area (Å²) in [5, 5.41) is 3.63. The molecule has 0 aliphatic carbocycles. The van der Waals surface area contributed by atoms with Gasteiger partial charge in [0, 0.05) is 18.6 Å². The van der Waals surface area contributed by atoms with Gasteiger partial charge in [0.1, 0.15) is 5.82 Å². The SMILES string of the molecule is CCCNC1CCN(c2cc(C)ccc2F)C(C)C1C. The second-order valence-corrected chi connectivity index (χ2v) is 6.10. The van der Waals surface area contributed by atoms with Crippen molar-refractivity contribution in [3.63, 3.8) is 0 Å². The van der Waals surface area contributed by atoms with E-state index >= 15 is 0 Å². The molecule has 0 spiro atoms. The van der Waals surface area contributed by atoms with E-state index < -0.39 is 0 Å². The van der Waals surface area contributed by atoms with Crippen LogP contribution in [0.2, 0.25) is 0 Å². The third-order valence-corrected chi connectivity index (χ3v) is 4.64. The number of nitrogens with one attached hydrogen (secondary N) is 1. The smallest absolute Gasteiger partial charge is 0.146 e. The van der Waals surface area contributed by atoms with Gasteiger partial charge in [-0.25, -0.2) is 4.39 Å². The van der Waals surface area contributed by atoms with Gasteiger partial charge in [-0.1, -0.05) is 19.9 Å². The Labute approximate surface area is 122 Å². The minimum absolute atomic E-state index is 0.102. The number of nitrogens with zero attached hydrogens (tertiary/aromatic N) is 1. The van der Waals surface area contributed by atoms with Crippen LogP contribution in [-0.4, -0.2) is 25.2 Å². The van der Waals surface area contributed by atoms with E-state index in [-0.39, 0.29) is 5.82 Å². The van der Waals surface area contributed by atoms with Gasteiger partial charge in [-0.3, -0.25) is 0 Å². The molecule has 2 nitrogen and oxygen atoms in total. The Bertz CT molecular complexity index is 447. The van der Waals surface area contributed by atoms with Crippen LogP contribution in [0.5, 0.6) is 0 Å². The number of hydrogen-bond acceptors (Lipinski definition) is 2. The number of aryl methyl sites for hydroxylation is 1. The lowest BCUT2D eigenvalue weighted by molar-refractivity contribution is 0.270. The molecule has 1 aliphatic heterocycles. The van der Waals surface area contributed by atoms with Gasteiger partial charge >= 0.3 is 0 Å². The zero-order chi connectivity index (χ0) is 14.7. The molecule has 0 amide bonds. The summed E-state index contributed by atoms with van der Waals surface area (Å²) in [5.74, 6) is 0.421. The molecule has 3 atom stereocenters. The predicted octanol–water partition coefficient (Wildman–Crippen LogP) is 3.74. The second-order valence-electron chi connectivity index (χ2n) is 6.10. The van der Waals surface area contributed by atoms with E-state index in [0.717, 1.165) is 37.2 Å². The molecule has 0 saturated carbocycles. The molecule has 1 saturated heterocycles. The molecular weight excluding hydrogens is 251 g/mol. The first-order valence-corrected chi connectivity index (χ1v) is 7.80. The van der Waals surface area contributed by atoms with E-state index in [9.17, 15) is 4.39 Å². The molecular formula is C17H27FN2. The average molecular weight is 278 g/mol. The third-order valence-electron chi connectivity index (χ3n) is 4.64. The van der Waals surface area contributed by atoms with Gasteiger partial charge in [0.05, 0.1) is 5.69 Å². The molecule has 1 heterocycles. The van der Waals surface area contributed by atoms with E-state index in [4.69, 9.17) is 0 Å². The molecule has 0 radical (unpaired) electrons. The first-order chi connectivity index (χ1) is 9.54. The maximum absolute atomic E-state index is 14.1. The summed E-state index contributed by atoms with van der Waals surface area (Å²) in [4.78, 5) is 2.23. The highest BCUT2D eigenvalue weighted by atomic mass is 19.1. The van der Waals surface area contributed by atoms with Gasteiger partial charge in [-0.2, -0.15) is 0 Å². The summed E-state index contributed by atoms with van der Waals surface area (Å²) >= 11 is 0. The molecule has 0 bridgehead atoms. The highest BCUT2D eigenvalue weighted by Crippen LogP contribution is 2.31. The van der Waals surface area contributed by atoms with Crippen molar-refractivity contribution < 1.29 is 4.39 Å². The van der Waals surface area contributed by atoms with Crippen LogP contribution in [0.25, 0.3) is 0 Å². The molecule has 112 valence electrons. The zero-order valence-corrected chi connectivity index (χ0v) is 13.1. The number of hydrogen-bond donors (Lipinski definition) is 1. The minimum Gasteiger partial charge on any atom is -0.366 e. The Balaban J connectivity index is 2.13. The monoisotopic (exact) mass is 278 g/mol. The van der Waals surface area contributed by atoms with Crippen molar-refractivity contribution in [1.29, 1.82) is 0 Å². The van der Waals surface area contributed by atoms with Crippen molar-refractivity contribution in [2.24, 2.45) is 5.92 Å². The van der Waals surface area contributed by atoms with Gasteiger partial charge in [-0.15, -0.1) is 0 Å². The number of benzene rings is 1. The average Bonchev–Trinajstić information content (AvgIpc) is 2.43. The van der Waals surface area contributed by atoms with E-state index in [0.29, 0.717) is 18.0 Å². The summed E-state index contributed by atoms with van der Waals surface area (Å²) in [5.41, 5.74) is 1.88. The molecule has 1 aliphatic rings. The molecule has 0 aromatic heterocycles. The highest BCUT2D eigenvalue weighted by Gasteiger charge is 2.33. The predicted molar refractivity (Wildman–Crippen MR) is 83.8 cm³/mol. The Morgan fingerprint density at radius 2 is 2.10 bits per heavy atom. The third kappa shape index (κ3) is 3.14. The van der Waals surface area contributed by atoms with Gasteiger partial charge < -0.3 is 10.2 Å². The van der Waals surface area contributed by atoms with Crippen LogP contribution in [0, 0.1) is 18.7 Å². The lowest BCUT2D eigenvalue weighted by Crippen LogP contribution is -2.53. The van der Waals surface area contributed by atoms with Crippen LogP contribution in [0.1, 0.15) is 39.2 Å². The van der Waals surface area contributed by atoms with Gasteiger partial charge in [-0.05, 0) is 56.8 Å². The van der Waals surface area contributed by atoms with Gasteiger partial charge in [0.25, 0.3) is 0 Å². The van der Waals surface area contributed by atoms with E-state index in [1.165, 1.54) is 0 Å². The quantitative estimate of drug-likeness (QED) is 0.902. The first-order valence-electron chi connectivity index (χ1n) is 7.80. The second kappa shape index (κ2) is 6.57. The fourth-order valence-corrected chi connectivity index (χ4v) is 3.17. The first kappa shape index (κ1) is 15.3. The van der Waals surface area contributed by atoms with Crippen molar-refractivity contribution in [3.05, 3.63) is 29.6 Å². The van der Waals surface area contributed by atoms with Crippen LogP contribution in [0.4, 0.5) is 10.1 Å². The number of halogens is 1. The molecule has 3 heteroatoms. The largest absolute Gasteiger partial charge is 0.366 e. The summed E-state index contributed by atoms with van der Waals surface area (Å²) in [7, 11) is 0. The Morgan fingerprint density at radius 3 is 2.80 bits per heavy atom. The topological polar surface area (TPSA) is 15.3 Å². The summed E-state index contributed by atoms with van der Waals surface area (Å²) in [6, 6.07) is 6.30. The van der Waals surface area contributed by atoms with Crippen molar-refractivity contribution in [3.8, 4) is 0 Å².